The number of esters is 1. The molecule has 3 heteroatoms. The van der Waals surface area contributed by atoms with E-state index in [1.165, 1.54) is 7.11 Å². The van der Waals surface area contributed by atoms with Gasteiger partial charge in [-0.25, -0.2) is 0 Å². The Morgan fingerprint density at radius 1 is 1.60 bits per heavy atom. The van der Waals surface area contributed by atoms with Gasteiger partial charge < -0.3 is 4.74 Å². The van der Waals surface area contributed by atoms with Gasteiger partial charge >= 0.3 is 5.97 Å². The van der Waals surface area contributed by atoms with Gasteiger partial charge in [-0.3, -0.25) is 4.79 Å². The molecular weight excluding hydrogens is 148 g/mol. The smallest absolute Gasteiger partial charge is 0.309 e. The van der Waals surface area contributed by atoms with Gasteiger partial charge in [-0.05, 0) is 11.7 Å². The topological polar surface area (TPSA) is 26.3 Å². The van der Waals surface area contributed by atoms with Crippen LogP contribution in [0.4, 0.5) is 0 Å². The molecule has 0 aromatic carbocycles. The minimum atomic E-state index is -0.0440. The number of rotatable bonds is 1. The first-order valence-corrected chi connectivity index (χ1v) is 4.56. The first-order valence-electron chi connectivity index (χ1n) is 3.41. The summed E-state index contributed by atoms with van der Waals surface area (Å²) in [5, 5.41) is 0. The lowest BCUT2D eigenvalue weighted by Gasteiger charge is -2.09. The predicted molar refractivity (Wildman–Crippen MR) is 42.0 cm³/mol. The maximum absolute atomic E-state index is 11.0. The fourth-order valence-corrected chi connectivity index (χ4v) is 2.57. The Morgan fingerprint density at radius 3 is 2.70 bits per heavy atom. The molecule has 2 nitrogen and oxygen atoms in total. The molecule has 0 radical (unpaired) electrons. The number of carbonyl (C=O) groups is 1. The Morgan fingerprint density at radius 2 is 2.30 bits per heavy atom. The summed E-state index contributed by atoms with van der Waals surface area (Å²) in [5.41, 5.74) is 0. The van der Waals surface area contributed by atoms with Crippen LogP contribution >= 0.6 is 11.8 Å². The zero-order valence-corrected chi connectivity index (χ0v) is 7.11. The highest BCUT2D eigenvalue weighted by molar-refractivity contribution is 7.99. The van der Waals surface area contributed by atoms with E-state index in [1.54, 1.807) is 0 Å². The summed E-state index contributed by atoms with van der Waals surface area (Å²) < 4.78 is 4.65. The van der Waals surface area contributed by atoms with Crippen molar-refractivity contribution in [3.8, 4) is 0 Å². The summed E-state index contributed by atoms with van der Waals surface area (Å²) in [7, 11) is 1.46. The van der Waals surface area contributed by atoms with E-state index in [0.717, 1.165) is 11.5 Å². The molecular formula is C7H12O2S. The van der Waals surface area contributed by atoms with Crippen molar-refractivity contribution in [3.63, 3.8) is 0 Å². The van der Waals surface area contributed by atoms with Gasteiger partial charge in [-0.15, -0.1) is 0 Å². The first kappa shape index (κ1) is 7.92. The Kier molecular flexibility index (Phi) is 2.60. The van der Waals surface area contributed by atoms with Crippen molar-refractivity contribution >= 4 is 17.7 Å². The number of methoxy groups -OCH3 is 1. The van der Waals surface area contributed by atoms with Crippen molar-refractivity contribution in [1.29, 1.82) is 0 Å². The fourth-order valence-electron chi connectivity index (χ4n) is 1.11. The molecule has 1 saturated heterocycles. The standard InChI is InChI=1S/C7H12O2S/c1-5-3-10-4-6(5)7(8)9-2/h5-6H,3-4H2,1-2H3/t5-,6-/m0/s1. The van der Waals surface area contributed by atoms with E-state index in [0.29, 0.717) is 5.92 Å². The van der Waals surface area contributed by atoms with Crippen molar-refractivity contribution in [1.82, 2.24) is 0 Å². The van der Waals surface area contributed by atoms with Crippen molar-refractivity contribution in [2.45, 2.75) is 6.92 Å². The Bertz CT molecular complexity index is 136. The molecule has 10 heavy (non-hydrogen) atoms. The van der Waals surface area contributed by atoms with E-state index in [9.17, 15) is 4.79 Å². The van der Waals surface area contributed by atoms with Crippen molar-refractivity contribution < 1.29 is 9.53 Å². The highest BCUT2D eigenvalue weighted by Gasteiger charge is 2.30. The van der Waals surface area contributed by atoms with Crippen molar-refractivity contribution in [3.05, 3.63) is 0 Å². The molecule has 1 heterocycles. The van der Waals surface area contributed by atoms with Crippen LogP contribution in [0.5, 0.6) is 0 Å². The van der Waals surface area contributed by atoms with Crippen LogP contribution in [-0.2, 0) is 9.53 Å². The fraction of sp³-hybridized carbons (Fsp3) is 0.857. The summed E-state index contributed by atoms with van der Waals surface area (Å²) in [5.74, 6) is 2.64. The molecule has 58 valence electrons. The summed E-state index contributed by atoms with van der Waals surface area (Å²) in [6.07, 6.45) is 0. The van der Waals surface area contributed by atoms with Gasteiger partial charge in [-0.2, -0.15) is 11.8 Å². The molecule has 1 rings (SSSR count). The number of ether oxygens (including phenoxy) is 1. The third kappa shape index (κ3) is 1.45. The van der Waals surface area contributed by atoms with Crippen LogP contribution in [0.3, 0.4) is 0 Å². The highest BCUT2D eigenvalue weighted by Crippen LogP contribution is 2.29. The van der Waals surface area contributed by atoms with Crippen LogP contribution in [0.2, 0.25) is 0 Å². The molecule has 0 bridgehead atoms. The average molecular weight is 160 g/mol. The largest absolute Gasteiger partial charge is 0.469 e. The summed E-state index contributed by atoms with van der Waals surface area (Å²) in [6.45, 7) is 2.10. The zero-order valence-electron chi connectivity index (χ0n) is 6.29. The minimum absolute atomic E-state index is 0.0440. The van der Waals surface area contributed by atoms with Gasteiger partial charge in [-0.1, -0.05) is 6.92 Å². The second-order valence-corrected chi connectivity index (χ2v) is 3.72. The van der Waals surface area contributed by atoms with Crippen LogP contribution < -0.4 is 0 Å². The summed E-state index contributed by atoms with van der Waals surface area (Å²) in [6, 6.07) is 0. The van der Waals surface area contributed by atoms with Crippen LogP contribution in [0.15, 0.2) is 0 Å². The van der Waals surface area contributed by atoms with Crippen LogP contribution in [-0.4, -0.2) is 24.6 Å². The second kappa shape index (κ2) is 3.28. The molecule has 1 aliphatic rings. The molecule has 0 spiro atoms. The van der Waals surface area contributed by atoms with Crippen LogP contribution in [0.1, 0.15) is 6.92 Å². The lowest BCUT2D eigenvalue weighted by atomic mass is 9.99. The van der Waals surface area contributed by atoms with E-state index < -0.39 is 0 Å². The molecule has 0 amide bonds. The van der Waals surface area contributed by atoms with Crippen LogP contribution in [0, 0.1) is 11.8 Å². The summed E-state index contributed by atoms with van der Waals surface area (Å²) in [4.78, 5) is 11.0. The van der Waals surface area contributed by atoms with E-state index in [2.05, 4.69) is 11.7 Å². The second-order valence-electron chi connectivity index (χ2n) is 2.64. The highest BCUT2D eigenvalue weighted by atomic mass is 32.2. The molecule has 1 aliphatic heterocycles. The average Bonchev–Trinajstić information content (AvgIpc) is 2.34. The Labute approximate surface area is 65.3 Å². The van der Waals surface area contributed by atoms with Crippen LogP contribution in [0.25, 0.3) is 0 Å². The minimum Gasteiger partial charge on any atom is -0.469 e. The normalized spacial score (nSPS) is 32.2. The lowest BCUT2D eigenvalue weighted by molar-refractivity contribution is -0.145. The molecule has 0 N–H and O–H groups in total. The third-order valence-electron chi connectivity index (χ3n) is 1.87. The van der Waals surface area contributed by atoms with Gasteiger partial charge in [0.25, 0.3) is 0 Å². The van der Waals surface area contributed by atoms with E-state index in [-0.39, 0.29) is 11.9 Å². The third-order valence-corrected chi connectivity index (χ3v) is 3.23. The molecule has 1 fully saturated rings. The van der Waals surface area contributed by atoms with E-state index in [4.69, 9.17) is 0 Å². The maximum Gasteiger partial charge on any atom is 0.309 e. The monoisotopic (exact) mass is 160 g/mol. The number of carbonyl (C=O) groups excluding carboxylic acids is 1. The number of thioether (sulfide) groups is 1. The Hall–Kier alpha value is -0.180. The van der Waals surface area contributed by atoms with Gasteiger partial charge in [0.05, 0.1) is 13.0 Å². The number of hydrogen-bond donors (Lipinski definition) is 0. The van der Waals surface area contributed by atoms with Crippen molar-refractivity contribution in [2.24, 2.45) is 11.8 Å². The van der Waals surface area contributed by atoms with Gasteiger partial charge in [0, 0.05) is 5.75 Å². The molecule has 0 unspecified atom stereocenters. The van der Waals surface area contributed by atoms with Gasteiger partial charge in [0.15, 0.2) is 0 Å². The molecule has 0 aromatic rings. The number of hydrogen-bond acceptors (Lipinski definition) is 3. The van der Waals surface area contributed by atoms with E-state index in [1.807, 2.05) is 11.8 Å². The molecule has 0 aliphatic carbocycles. The summed E-state index contributed by atoms with van der Waals surface area (Å²) >= 11 is 1.83. The van der Waals surface area contributed by atoms with Gasteiger partial charge in [0.1, 0.15) is 0 Å². The lowest BCUT2D eigenvalue weighted by Crippen LogP contribution is -2.21. The SMILES string of the molecule is COC(=O)[C@H]1CSC[C@@H]1C. The predicted octanol–water partition coefficient (Wildman–Crippen LogP) is 1.16. The first-order chi connectivity index (χ1) is 4.75. The molecule has 0 aromatic heterocycles. The quantitative estimate of drug-likeness (QED) is 0.538. The zero-order chi connectivity index (χ0) is 7.56. The molecule has 0 saturated carbocycles. The van der Waals surface area contributed by atoms with Gasteiger partial charge in [0.2, 0.25) is 0 Å². The van der Waals surface area contributed by atoms with E-state index >= 15 is 0 Å². The molecule has 2 atom stereocenters. The maximum atomic E-state index is 11.0. The Balaban J connectivity index is 2.46. The van der Waals surface area contributed by atoms with Crippen molar-refractivity contribution in [2.75, 3.05) is 18.6 Å².